The SMILES string of the molecule is O=C(COc1ccccc1)N1CCC2(CC1)NC(Cc1ccccc1)C(=O)N2Cc1ccccc1. The number of carbonyl (C=O) groups is 2. The average molecular weight is 470 g/mol. The number of amides is 2. The van der Waals surface area contributed by atoms with Gasteiger partial charge in [-0.2, -0.15) is 0 Å². The largest absolute Gasteiger partial charge is 0.484 e. The quantitative estimate of drug-likeness (QED) is 0.574. The summed E-state index contributed by atoms with van der Waals surface area (Å²) < 4.78 is 5.67. The maximum Gasteiger partial charge on any atom is 0.260 e. The third kappa shape index (κ3) is 5.23. The molecular weight excluding hydrogens is 438 g/mol. The number of para-hydroxylation sites is 1. The van der Waals surface area contributed by atoms with E-state index in [1.165, 1.54) is 0 Å². The number of rotatable bonds is 7. The Bertz CT molecular complexity index is 1130. The fourth-order valence-electron chi connectivity index (χ4n) is 5.14. The molecule has 2 saturated heterocycles. The molecule has 35 heavy (non-hydrogen) atoms. The van der Waals surface area contributed by atoms with E-state index in [9.17, 15) is 9.59 Å². The molecule has 3 aromatic rings. The van der Waals surface area contributed by atoms with E-state index in [1.807, 2.05) is 76.5 Å². The summed E-state index contributed by atoms with van der Waals surface area (Å²) in [5.41, 5.74) is 1.79. The molecule has 2 aliphatic rings. The molecule has 6 heteroatoms. The van der Waals surface area contributed by atoms with Gasteiger partial charge in [0, 0.05) is 32.5 Å². The van der Waals surface area contributed by atoms with E-state index in [2.05, 4.69) is 29.6 Å². The molecule has 2 aliphatic heterocycles. The van der Waals surface area contributed by atoms with Crippen LogP contribution in [0.4, 0.5) is 0 Å². The Morgan fingerprint density at radius 1 is 0.857 bits per heavy atom. The number of benzene rings is 3. The van der Waals surface area contributed by atoms with E-state index >= 15 is 0 Å². The molecule has 1 spiro atoms. The number of nitrogens with zero attached hydrogens (tertiary/aromatic N) is 2. The zero-order valence-electron chi connectivity index (χ0n) is 19.8. The van der Waals surface area contributed by atoms with Gasteiger partial charge in [0.25, 0.3) is 5.91 Å². The molecule has 0 saturated carbocycles. The third-order valence-electron chi connectivity index (χ3n) is 7.04. The topological polar surface area (TPSA) is 61.9 Å². The van der Waals surface area contributed by atoms with Gasteiger partial charge < -0.3 is 14.5 Å². The monoisotopic (exact) mass is 469 g/mol. The first-order valence-electron chi connectivity index (χ1n) is 12.3. The van der Waals surface area contributed by atoms with Crippen LogP contribution in [0.15, 0.2) is 91.0 Å². The molecule has 0 bridgehead atoms. The number of hydrogen-bond acceptors (Lipinski definition) is 4. The molecule has 2 amide bonds. The molecule has 5 rings (SSSR count). The van der Waals surface area contributed by atoms with Gasteiger partial charge in [0.2, 0.25) is 5.91 Å². The zero-order chi connectivity index (χ0) is 24.1. The van der Waals surface area contributed by atoms with Crippen molar-refractivity contribution in [2.45, 2.75) is 37.5 Å². The van der Waals surface area contributed by atoms with Crippen LogP contribution >= 0.6 is 0 Å². The Balaban J connectivity index is 1.28. The molecule has 0 aliphatic carbocycles. The molecule has 1 N–H and O–H groups in total. The van der Waals surface area contributed by atoms with Crippen LogP contribution in [0.2, 0.25) is 0 Å². The van der Waals surface area contributed by atoms with Crippen LogP contribution in [0.3, 0.4) is 0 Å². The minimum absolute atomic E-state index is 0.0216. The van der Waals surface area contributed by atoms with Crippen molar-refractivity contribution in [1.82, 2.24) is 15.1 Å². The lowest BCUT2D eigenvalue weighted by Crippen LogP contribution is -2.59. The number of ether oxygens (including phenoxy) is 1. The molecule has 6 nitrogen and oxygen atoms in total. The van der Waals surface area contributed by atoms with Crippen molar-refractivity contribution in [3.8, 4) is 5.75 Å². The maximum atomic E-state index is 13.6. The summed E-state index contributed by atoms with van der Waals surface area (Å²) in [6.07, 6.45) is 2.03. The Morgan fingerprint density at radius 2 is 1.43 bits per heavy atom. The molecular formula is C29H31N3O3. The van der Waals surface area contributed by atoms with Gasteiger partial charge in [-0.25, -0.2) is 0 Å². The summed E-state index contributed by atoms with van der Waals surface area (Å²) in [4.78, 5) is 30.3. The van der Waals surface area contributed by atoms with Crippen molar-refractivity contribution in [3.63, 3.8) is 0 Å². The van der Waals surface area contributed by atoms with Gasteiger partial charge in [0.1, 0.15) is 5.75 Å². The van der Waals surface area contributed by atoms with Gasteiger partial charge in [-0.15, -0.1) is 0 Å². The number of hydrogen-bond donors (Lipinski definition) is 1. The van der Waals surface area contributed by atoms with Gasteiger partial charge in [-0.1, -0.05) is 78.9 Å². The predicted molar refractivity (Wildman–Crippen MR) is 135 cm³/mol. The van der Waals surface area contributed by atoms with Crippen LogP contribution in [0.25, 0.3) is 0 Å². The van der Waals surface area contributed by atoms with Crippen LogP contribution < -0.4 is 10.1 Å². The van der Waals surface area contributed by atoms with E-state index in [0.29, 0.717) is 44.6 Å². The maximum absolute atomic E-state index is 13.6. The van der Waals surface area contributed by atoms with E-state index in [-0.39, 0.29) is 24.5 Å². The highest BCUT2D eigenvalue weighted by atomic mass is 16.5. The highest BCUT2D eigenvalue weighted by Gasteiger charge is 2.51. The first-order chi connectivity index (χ1) is 17.1. The minimum atomic E-state index is -0.455. The third-order valence-corrected chi connectivity index (χ3v) is 7.04. The van der Waals surface area contributed by atoms with Crippen molar-refractivity contribution in [3.05, 3.63) is 102 Å². The lowest BCUT2D eigenvalue weighted by molar-refractivity contribution is -0.139. The summed E-state index contributed by atoms with van der Waals surface area (Å²) in [6.45, 7) is 1.75. The summed E-state index contributed by atoms with van der Waals surface area (Å²) in [7, 11) is 0. The minimum Gasteiger partial charge on any atom is -0.484 e. The van der Waals surface area contributed by atoms with Crippen molar-refractivity contribution in [2.75, 3.05) is 19.7 Å². The first kappa shape index (κ1) is 23.1. The highest BCUT2D eigenvalue weighted by Crippen LogP contribution is 2.34. The summed E-state index contributed by atoms with van der Waals surface area (Å²) in [5, 5.41) is 3.70. The van der Waals surface area contributed by atoms with E-state index in [0.717, 1.165) is 11.1 Å². The number of piperidine rings is 1. The molecule has 2 fully saturated rings. The van der Waals surface area contributed by atoms with Crippen LogP contribution in [-0.4, -0.2) is 53.0 Å². The van der Waals surface area contributed by atoms with Crippen LogP contribution in [0, 0.1) is 0 Å². The zero-order valence-corrected chi connectivity index (χ0v) is 19.8. The summed E-state index contributed by atoms with van der Waals surface area (Å²) >= 11 is 0. The second-order valence-corrected chi connectivity index (χ2v) is 9.31. The fourth-order valence-corrected chi connectivity index (χ4v) is 5.14. The van der Waals surface area contributed by atoms with Crippen molar-refractivity contribution in [2.24, 2.45) is 0 Å². The van der Waals surface area contributed by atoms with Crippen molar-refractivity contribution >= 4 is 11.8 Å². The smallest absolute Gasteiger partial charge is 0.260 e. The van der Waals surface area contributed by atoms with Crippen LogP contribution in [-0.2, 0) is 22.6 Å². The van der Waals surface area contributed by atoms with Crippen LogP contribution in [0.5, 0.6) is 5.75 Å². The molecule has 0 radical (unpaired) electrons. The molecule has 1 unspecified atom stereocenters. The molecule has 0 aromatic heterocycles. The van der Waals surface area contributed by atoms with Gasteiger partial charge in [0.05, 0.1) is 11.7 Å². The standard InChI is InChI=1S/C29H31N3O3/c33-27(22-35-25-14-8-3-9-15-25)31-18-16-29(17-19-31)30-26(20-23-10-4-1-5-11-23)28(34)32(29)21-24-12-6-2-7-13-24/h1-15,26,30H,16-22H2. The van der Waals surface area contributed by atoms with Crippen molar-refractivity contribution in [1.29, 1.82) is 0 Å². The Morgan fingerprint density at radius 3 is 2.06 bits per heavy atom. The van der Waals surface area contributed by atoms with Crippen molar-refractivity contribution < 1.29 is 14.3 Å². The van der Waals surface area contributed by atoms with Gasteiger partial charge in [-0.3, -0.25) is 14.9 Å². The van der Waals surface area contributed by atoms with E-state index in [1.54, 1.807) is 0 Å². The first-order valence-corrected chi connectivity index (χ1v) is 12.3. The average Bonchev–Trinajstić information content (AvgIpc) is 3.14. The molecule has 180 valence electrons. The molecule has 1 atom stereocenters. The Labute approximate surface area is 206 Å². The molecule has 3 aromatic carbocycles. The second kappa shape index (κ2) is 10.3. The number of nitrogens with one attached hydrogen (secondary N) is 1. The predicted octanol–water partition coefficient (Wildman–Crippen LogP) is 3.63. The number of carbonyl (C=O) groups excluding carboxylic acids is 2. The normalized spacial score (nSPS) is 19.2. The van der Waals surface area contributed by atoms with Gasteiger partial charge >= 0.3 is 0 Å². The lowest BCUT2D eigenvalue weighted by atomic mass is 9.95. The summed E-state index contributed by atoms with van der Waals surface area (Å²) in [5.74, 6) is 0.795. The second-order valence-electron chi connectivity index (χ2n) is 9.31. The van der Waals surface area contributed by atoms with E-state index < -0.39 is 5.66 Å². The van der Waals surface area contributed by atoms with Gasteiger partial charge in [-0.05, 0) is 29.7 Å². The van der Waals surface area contributed by atoms with Gasteiger partial charge in [0.15, 0.2) is 6.61 Å². The Kier molecular flexibility index (Phi) is 6.82. The highest BCUT2D eigenvalue weighted by molar-refractivity contribution is 5.85. The number of likely N-dealkylation sites (tertiary alicyclic amines) is 1. The lowest BCUT2D eigenvalue weighted by Gasteiger charge is -2.44. The Hall–Kier alpha value is -3.64. The van der Waals surface area contributed by atoms with Crippen LogP contribution in [0.1, 0.15) is 24.0 Å². The molecule has 2 heterocycles. The van der Waals surface area contributed by atoms with E-state index in [4.69, 9.17) is 4.74 Å². The summed E-state index contributed by atoms with van der Waals surface area (Å²) in [6, 6.07) is 29.4. The fraction of sp³-hybridized carbons (Fsp3) is 0.310.